The summed E-state index contributed by atoms with van der Waals surface area (Å²) in [6.07, 6.45) is 0. The second kappa shape index (κ2) is 5.53. The third kappa shape index (κ3) is 2.93. The summed E-state index contributed by atoms with van der Waals surface area (Å²) in [7, 11) is -3.85. The molecule has 0 radical (unpaired) electrons. The van der Waals surface area contributed by atoms with E-state index in [2.05, 4.69) is 4.72 Å². The van der Waals surface area contributed by atoms with Crippen LogP contribution in [0.25, 0.3) is 0 Å². The van der Waals surface area contributed by atoms with Crippen molar-refractivity contribution in [3.8, 4) is 6.07 Å². The second-order valence-electron chi connectivity index (χ2n) is 4.20. The first-order valence-electron chi connectivity index (χ1n) is 5.72. The minimum atomic E-state index is -3.85. The van der Waals surface area contributed by atoms with Crippen LogP contribution in [0.1, 0.15) is 11.1 Å². The number of anilines is 1. The quantitative estimate of drug-likeness (QED) is 0.945. The maximum Gasteiger partial charge on any atom is 0.263 e. The highest BCUT2D eigenvalue weighted by atomic mass is 35.5. The number of hydrogen-bond acceptors (Lipinski definition) is 3. The summed E-state index contributed by atoms with van der Waals surface area (Å²) in [5.74, 6) is 0. The van der Waals surface area contributed by atoms with Gasteiger partial charge >= 0.3 is 0 Å². The van der Waals surface area contributed by atoms with Crippen molar-refractivity contribution in [1.29, 1.82) is 5.26 Å². The van der Waals surface area contributed by atoms with Gasteiger partial charge in [-0.2, -0.15) is 5.26 Å². The van der Waals surface area contributed by atoms with Crippen LogP contribution in [-0.4, -0.2) is 8.42 Å². The Labute approximate surface area is 122 Å². The molecule has 6 heteroatoms. The van der Waals surface area contributed by atoms with E-state index in [1.54, 1.807) is 30.3 Å². The highest BCUT2D eigenvalue weighted by Crippen LogP contribution is 2.26. The molecule has 0 bridgehead atoms. The smallest absolute Gasteiger partial charge is 0.263 e. The van der Waals surface area contributed by atoms with E-state index < -0.39 is 10.0 Å². The molecule has 0 aliphatic carbocycles. The van der Waals surface area contributed by atoms with Gasteiger partial charge in [-0.05, 0) is 36.8 Å². The molecule has 0 aliphatic heterocycles. The van der Waals surface area contributed by atoms with Crippen LogP contribution >= 0.6 is 11.6 Å². The van der Waals surface area contributed by atoms with Crippen molar-refractivity contribution < 1.29 is 8.42 Å². The van der Waals surface area contributed by atoms with Gasteiger partial charge in [-0.1, -0.05) is 29.8 Å². The first-order valence-corrected chi connectivity index (χ1v) is 7.58. The minimum Gasteiger partial charge on any atom is -0.278 e. The molecule has 2 rings (SSSR count). The Morgan fingerprint density at radius 1 is 1.20 bits per heavy atom. The third-order valence-corrected chi connectivity index (χ3v) is 4.40. The van der Waals surface area contributed by atoms with Gasteiger partial charge in [0.25, 0.3) is 10.0 Å². The van der Waals surface area contributed by atoms with Gasteiger partial charge in [0.05, 0.1) is 16.3 Å². The first kappa shape index (κ1) is 14.4. The van der Waals surface area contributed by atoms with Crippen molar-refractivity contribution in [1.82, 2.24) is 0 Å². The normalized spacial score (nSPS) is 10.8. The molecule has 0 atom stereocenters. The lowest BCUT2D eigenvalue weighted by atomic mass is 10.2. The Bertz CT molecular complexity index is 795. The molecule has 1 N–H and O–H groups in total. The van der Waals surface area contributed by atoms with Gasteiger partial charge in [0, 0.05) is 0 Å². The van der Waals surface area contributed by atoms with Crippen LogP contribution in [0, 0.1) is 18.3 Å². The molecular weight excluding hydrogens is 296 g/mol. The number of hydrogen-bond donors (Lipinski definition) is 1. The molecule has 0 spiro atoms. The number of benzene rings is 2. The number of nitriles is 1. The number of nitrogens with one attached hydrogen (secondary N) is 1. The van der Waals surface area contributed by atoms with E-state index in [-0.39, 0.29) is 16.1 Å². The van der Waals surface area contributed by atoms with Crippen LogP contribution in [-0.2, 0) is 10.0 Å². The highest BCUT2D eigenvalue weighted by Gasteiger charge is 2.19. The van der Waals surface area contributed by atoms with E-state index in [0.717, 1.165) is 5.56 Å². The molecule has 0 amide bonds. The van der Waals surface area contributed by atoms with Crippen molar-refractivity contribution in [2.75, 3.05) is 4.72 Å². The molecule has 20 heavy (non-hydrogen) atoms. The Hall–Kier alpha value is -2.03. The standard InChI is InChI=1S/C14H11ClN2O2S/c1-10-6-7-13(12(15)8-10)17-20(18,19)14-5-3-2-4-11(14)9-16/h2-8,17H,1H3. The molecule has 0 fully saturated rings. The fraction of sp³-hybridized carbons (Fsp3) is 0.0714. The maximum atomic E-state index is 12.3. The van der Waals surface area contributed by atoms with Crippen molar-refractivity contribution >= 4 is 27.3 Å². The van der Waals surface area contributed by atoms with E-state index in [4.69, 9.17) is 16.9 Å². The molecule has 0 saturated heterocycles. The zero-order valence-electron chi connectivity index (χ0n) is 10.6. The lowest BCUT2D eigenvalue weighted by molar-refractivity contribution is 0.601. The maximum absolute atomic E-state index is 12.3. The molecule has 4 nitrogen and oxygen atoms in total. The largest absolute Gasteiger partial charge is 0.278 e. The fourth-order valence-corrected chi connectivity index (χ4v) is 3.27. The topological polar surface area (TPSA) is 70.0 Å². The van der Waals surface area contributed by atoms with Crippen molar-refractivity contribution in [3.63, 3.8) is 0 Å². The van der Waals surface area contributed by atoms with Crippen LogP contribution in [0.2, 0.25) is 5.02 Å². The molecule has 2 aromatic carbocycles. The summed E-state index contributed by atoms with van der Waals surface area (Å²) < 4.78 is 27.0. The molecule has 0 aromatic heterocycles. The zero-order valence-corrected chi connectivity index (χ0v) is 12.2. The average molecular weight is 307 g/mol. The van der Waals surface area contributed by atoms with Crippen molar-refractivity contribution in [3.05, 3.63) is 58.6 Å². The predicted molar refractivity (Wildman–Crippen MR) is 78.2 cm³/mol. The van der Waals surface area contributed by atoms with Crippen molar-refractivity contribution in [2.24, 2.45) is 0 Å². The number of nitrogens with zero attached hydrogens (tertiary/aromatic N) is 1. The molecule has 0 unspecified atom stereocenters. The summed E-state index contributed by atoms with van der Waals surface area (Å²) in [5, 5.41) is 9.28. The number of sulfonamides is 1. The van der Waals surface area contributed by atoms with Gasteiger partial charge in [-0.15, -0.1) is 0 Å². The van der Waals surface area contributed by atoms with Gasteiger partial charge in [0.1, 0.15) is 11.0 Å². The van der Waals surface area contributed by atoms with E-state index in [9.17, 15) is 8.42 Å². The van der Waals surface area contributed by atoms with E-state index >= 15 is 0 Å². The van der Waals surface area contributed by atoms with Crippen LogP contribution in [0.5, 0.6) is 0 Å². The van der Waals surface area contributed by atoms with Gasteiger partial charge in [-0.25, -0.2) is 8.42 Å². The number of halogens is 1. The summed E-state index contributed by atoms with van der Waals surface area (Å²) in [5.41, 5.74) is 1.30. The molecule has 0 saturated carbocycles. The number of rotatable bonds is 3. The van der Waals surface area contributed by atoms with Gasteiger partial charge < -0.3 is 0 Å². The summed E-state index contributed by atoms with van der Waals surface area (Å²) in [4.78, 5) is -0.0702. The Kier molecular flexibility index (Phi) is 3.98. The first-order chi connectivity index (χ1) is 9.44. The predicted octanol–water partition coefficient (Wildman–Crippen LogP) is 3.32. The Morgan fingerprint density at radius 3 is 2.55 bits per heavy atom. The fourth-order valence-electron chi connectivity index (χ4n) is 1.70. The van der Waals surface area contributed by atoms with E-state index in [1.165, 1.54) is 12.1 Å². The van der Waals surface area contributed by atoms with Crippen LogP contribution in [0.4, 0.5) is 5.69 Å². The summed E-state index contributed by atoms with van der Waals surface area (Å²) in [6.45, 7) is 1.86. The SMILES string of the molecule is Cc1ccc(NS(=O)(=O)c2ccccc2C#N)c(Cl)c1. The average Bonchev–Trinajstić information content (AvgIpc) is 2.42. The van der Waals surface area contributed by atoms with Crippen molar-refractivity contribution in [2.45, 2.75) is 11.8 Å². The molecule has 0 heterocycles. The molecular formula is C14H11ClN2O2S. The summed E-state index contributed by atoms with van der Waals surface area (Å²) in [6, 6.07) is 12.9. The highest BCUT2D eigenvalue weighted by molar-refractivity contribution is 7.92. The second-order valence-corrected chi connectivity index (χ2v) is 6.25. The zero-order chi connectivity index (χ0) is 14.8. The summed E-state index contributed by atoms with van der Waals surface area (Å²) >= 11 is 6.00. The van der Waals surface area contributed by atoms with Gasteiger partial charge in [-0.3, -0.25) is 4.72 Å². The Morgan fingerprint density at radius 2 is 1.90 bits per heavy atom. The van der Waals surface area contributed by atoms with E-state index in [1.807, 2.05) is 13.0 Å². The van der Waals surface area contributed by atoms with Crippen LogP contribution in [0.15, 0.2) is 47.4 Å². The molecule has 2 aromatic rings. The van der Waals surface area contributed by atoms with Crippen LogP contribution < -0.4 is 4.72 Å². The van der Waals surface area contributed by atoms with Gasteiger partial charge in [0.2, 0.25) is 0 Å². The lowest BCUT2D eigenvalue weighted by Crippen LogP contribution is -2.14. The van der Waals surface area contributed by atoms with E-state index in [0.29, 0.717) is 5.02 Å². The number of aryl methyl sites for hydroxylation is 1. The third-order valence-electron chi connectivity index (χ3n) is 2.67. The van der Waals surface area contributed by atoms with Crippen LogP contribution in [0.3, 0.4) is 0 Å². The molecule has 0 aliphatic rings. The Balaban J connectivity index is 2.44. The lowest BCUT2D eigenvalue weighted by Gasteiger charge is -2.11. The molecule has 102 valence electrons. The van der Waals surface area contributed by atoms with Gasteiger partial charge in [0.15, 0.2) is 0 Å². The minimum absolute atomic E-state index is 0.0702. The monoisotopic (exact) mass is 306 g/mol.